The summed E-state index contributed by atoms with van der Waals surface area (Å²) in [5, 5.41) is 21.1. The Morgan fingerprint density at radius 2 is 2.00 bits per heavy atom. The van der Waals surface area contributed by atoms with Gasteiger partial charge in [0.25, 0.3) is 0 Å². The summed E-state index contributed by atoms with van der Waals surface area (Å²) in [5.74, 6) is 0.245. The quantitative estimate of drug-likeness (QED) is 0.684. The minimum atomic E-state index is -0.728. The monoisotopic (exact) mass is 429 g/mol. The van der Waals surface area contributed by atoms with Gasteiger partial charge < -0.3 is 20.1 Å². The number of nitrogens with one attached hydrogen (secondary N) is 1. The number of hydrogen-bond donors (Lipinski definition) is 2. The highest BCUT2D eigenvalue weighted by Gasteiger charge is 2.44. The standard InChI is InChI=1S/C22H31N5O4/c1-22(2,3)19(21(30)26-14-16(28)12-18(26)20(29)23-4)27-13-15(24-25-27)10-11-31-17-8-6-5-7-9-17/h5-9,13,16,18-19,28H,10-12,14H2,1-4H3,(H,23,29)/t16?,18?,19-/m1/s1. The number of nitrogens with zero attached hydrogens (tertiary/aromatic N) is 4. The average Bonchev–Trinajstić information content (AvgIpc) is 3.34. The number of benzene rings is 1. The van der Waals surface area contributed by atoms with Crippen LogP contribution in [0.15, 0.2) is 36.5 Å². The molecular formula is C22H31N5O4. The van der Waals surface area contributed by atoms with Crippen molar-refractivity contribution in [1.82, 2.24) is 25.2 Å². The van der Waals surface area contributed by atoms with Crippen LogP contribution in [-0.2, 0) is 16.0 Å². The van der Waals surface area contributed by atoms with Gasteiger partial charge in [0.1, 0.15) is 17.8 Å². The minimum Gasteiger partial charge on any atom is -0.493 e. The lowest BCUT2D eigenvalue weighted by molar-refractivity contribution is -0.144. The fraction of sp³-hybridized carbons (Fsp3) is 0.545. The molecule has 2 heterocycles. The number of hydrogen-bond acceptors (Lipinski definition) is 6. The second-order valence-electron chi connectivity index (χ2n) is 8.88. The van der Waals surface area contributed by atoms with Gasteiger partial charge in [0, 0.05) is 32.6 Å². The Balaban J connectivity index is 1.74. The smallest absolute Gasteiger partial charge is 0.248 e. The van der Waals surface area contributed by atoms with Crippen LogP contribution in [0.2, 0.25) is 0 Å². The highest BCUT2D eigenvalue weighted by atomic mass is 16.5. The van der Waals surface area contributed by atoms with Crippen LogP contribution in [-0.4, -0.2) is 69.2 Å². The van der Waals surface area contributed by atoms with Gasteiger partial charge in [0.2, 0.25) is 11.8 Å². The van der Waals surface area contributed by atoms with E-state index in [1.807, 2.05) is 51.1 Å². The highest BCUT2D eigenvalue weighted by Crippen LogP contribution is 2.34. The number of carbonyl (C=O) groups excluding carboxylic acids is 2. The number of likely N-dealkylation sites (tertiary alicyclic amines) is 1. The van der Waals surface area contributed by atoms with Gasteiger partial charge in [-0.3, -0.25) is 9.59 Å². The summed E-state index contributed by atoms with van der Waals surface area (Å²) >= 11 is 0. The Hall–Kier alpha value is -2.94. The molecule has 1 fully saturated rings. The number of aliphatic hydroxyl groups is 1. The van der Waals surface area contributed by atoms with E-state index in [1.165, 1.54) is 11.9 Å². The van der Waals surface area contributed by atoms with Crippen LogP contribution in [0.25, 0.3) is 0 Å². The van der Waals surface area contributed by atoms with Crippen molar-refractivity contribution in [2.75, 3.05) is 20.2 Å². The first-order chi connectivity index (χ1) is 14.7. The van der Waals surface area contributed by atoms with Crippen LogP contribution in [0.4, 0.5) is 0 Å². The zero-order valence-electron chi connectivity index (χ0n) is 18.5. The molecule has 2 amide bonds. The normalized spacial score (nSPS) is 19.8. The fourth-order valence-corrected chi connectivity index (χ4v) is 3.85. The van der Waals surface area contributed by atoms with E-state index < -0.39 is 23.6 Å². The van der Waals surface area contributed by atoms with Gasteiger partial charge in [-0.1, -0.05) is 44.2 Å². The van der Waals surface area contributed by atoms with Crippen molar-refractivity contribution in [1.29, 1.82) is 0 Å². The number of aliphatic hydroxyl groups excluding tert-OH is 1. The lowest BCUT2D eigenvalue weighted by Crippen LogP contribution is -2.49. The fourth-order valence-electron chi connectivity index (χ4n) is 3.85. The first kappa shape index (κ1) is 22.7. The summed E-state index contributed by atoms with van der Waals surface area (Å²) in [7, 11) is 1.53. The molecule has 0 bridgehead atoms. The van der Waals surface area contributed by atoms with Crippen molar-refractivity contribution in [3.8, 4) is 5.75 Å². The van der Waals surface area contributed by atoms with Gasteiger partial charge in [-0.25, -0.2) is 4.68 Å². The molecule has 0 saturated carbocycles. The van der Waals surface area contributed by atoms with Crippen molar-refractivity contribution < 1.29 is 19.4 Å². The Labute approximate surface area is 182 Å². The topological polar surface area (TPSA) is 110 Å². The predicted octanol–water partition coefficient (Wildman–Crippen LogP) is 1.19. The molecular weight excluding hydrogens is 398 g/mol. The highest BCUT2D eigenvalue weighted by molar-refractivity contribution is 5.90. The van der Waals surface area contributed by atoms with Gasteiger partial charge >= 0.3 is 0 Å². The van der Waals surface area contributed by atoms with Crippen LogP contribution in [0.3, 0.4) is 0 Å². The van der Waals surface area contributed by atoms with Crippen LogP contribution < -0.4 is 10.1 Å². The third-order valence-corrected chi connectivity index (χ3v) is 5.36. The molecule has 1 aromatic heterocycles. The molecule has 9 nitrogen and oxygen atoms in total. The van der Waals surface area contributed by atoms with E-state index in [9.17, 15) is 14.7 Å². The van der Waals surface area contributed by atoms with Gasteiger partial charge in [-0.2, -0.15) is 0 Å². The molecule has 2 N–H and O–H groups in total. The first-order valence-electron chi connectivity index (χ1n) is 10.5. The Morgan fingerprint density at radius 3 is 2.65 bits per heavy atom. The lowest BCUT2D eigenvalue weighted by Gasteiger charge is -2.34. The van der Waals surface area contributed by atoms with E-state index in [0.717, 1.165) is 5.75 Å². The lowest BCUT2D eigenvalue weighted by atomic mass is 9.85. The maximum atomic E-state index is 13.5. The third kappa shape index (κ3) is 5.41. The predicted molar refractivity (Wildman–Crippen MR) is 114 cm³/mol. The molecule has 0 radical (unpaired) electrons. The average molecular weight is 430 g/mol. The number of aromatic nitrogens is 3. The van der Waals surface area contributed by atoms with E-state index in [4.69, 9.17) is 4.74 Å². The molecule has 2 unspecified atom stereocenters. The minimum absolute atomic E-state index is 0.121. The number of β-amino-alcohol motifs (C(OH)–C–C–N with tert-alkyl or cyclic N) is 1. The molecule has 168 valence electrons. The molecule has 9 heteroatoms. The largest absolute Gasteiger partial charge is 0.493 e. The van der Waals surface area contributed by atoms with Crippen LogP contribution in [0.5, 0.6) is 5.75 Å². The van der Waals surface area contributed by atoms with E-state index in [1.54, 1.807) is 10.9 Å². The molecule has 3 rings (SSSR count). The van der Waals surface area contributed by atoms with Crippen molar-refractivity contribution in [3.63, 3.8) is 0 Å². The summed E-state index contributed by atoms with van der Waals surface area (Å²) in [4.78, 5) is 27.2. The number of amides is 2. The van der Waals surface area contributed by atoms with E-state index in [-0.39, 0.29) is 24.8 Å². The van der Waals surface area contributed by atoms with E-state index >= 15 is 0 Å². The Bertz CT molecular complexity index is 893. The van der Waals surface area contributed by atoms with Crippen molar-refractivity contribution in [3.05, 3.63) is 42.2 Å². The Kier molecular flexibility index (Phi) is 6.94. The number of para-hydroxylation sites is 1. The SMILES string of the molecule is CNC(=O)C1CC(O)CN1C(=O)[C@@H](n1cc(CCOc2ccccc2)nn1)C(C)(C)C. The summed E-state index contributed by atoms with van der Waals surface area (Å²) in [5.41, 5.74) is 0.228. The van der Waals surface area contributed by atoms with Crippen LogP contribution >= 0.6 is 0 Å². The van der Waals surface area contributed by atoms with Crippen LogP contribution in [0.1, 0.15) is 38.9 Å². The molecule has 2 aromatic rings. The first-order valence-corrected chi connectivity index (χ1v) is 10.5. The zero-order chi connectivity index (χ0) is 22.6. The molecule has 0 spiro atoms. The summed E-state index contributed by atoms with van der Waals surface area (Å²) in [6.45, 7) is 6.38. The second-order valence-corrected chi connectivity index (χ2v) is 8.88. The maximum Gasteiger partial charge on any atom is 0.248 e. The number of ether oxygens (including phenoxy) is 1. The van der Waals surface area contributed by atoms with Crippen molar-refractivity contribution >= 4 is 11.8 Å². The number of rotatable bonds is 7. The van der Waals surface area contributed by atoms with E-state index in [2.05, 4.69) is 15.6 Å². The van der Waals surface area contributed by atoms with Gasteiger partial charge in [0.15, 0.2) is 0 Å². The van der Waals surface area contributed by atoms with Crippen LogP contribution in [0, 0.1) is 5.41 Å². The van der Waals surface area contributed by atoms with E-state index in [0.29, 0.717) is 18.7 Å². The molecule has 31 heavy (non-hydrogen) atoms. The van der Waals surface area contributed by atoms with Crippen molar-refractivity contribution in [2.45, 2.75) is 51.8 Å². The summed E-state index contributed by atoms with van der Waals surface area (Å²) in [6.07, 6.45) is 1.79. The molecule has 1 saturated heterocycles. The summed E-state index contributed by atoms with van der Waals surface area (Å²) < 4.78 is 7.28. The molecule has 1 aromatic carbocycles. The molecule has 1 aliphatic rings. The zero-order valence-corrected chi connectivity index (χ0v) is 18.5. The van der Waals surface area contributed by atoms with Gasteiger partial charge in [0.05, 0.1) is 18.4 Å². The number of carbonyl (C=O) groups is 2. The second kappa shape index (κ2) is 9.47. The van der Waals surface area contributed by atoms with Gasteiger partial charge in [-0.15, -0.1) is 5.10 Å². The maximum absolute atomic E-state index is 13.5. The molecule has 1 aliphatic heterocycles. The molecule has 0 aliphatic carbocycles. The summed E-state index contributed by atoms with van der Waals surface area (Å²) in [6, 6.07) is 8.16. The third-order valence-electron chi connectivity index (χ3n) is 5.36. The van der Waals surface area contributed by atoms with Crippen molar-refractivity contribution in [2.24, 2.45) is 5.41 Å². The van der Waals surface area contributed by atoms with Gasteiger partial charge in [-0.05, 0) is 17.5 Å². The Morgan fingerprint density at radius 1 is 1.29 bits per heavy atom. The molecule has 3 atom stereocenters. The number of likely N-dealkylation sites (N-methyl/N-ethyl adjacent to an activating group) is 1.